The lowest BCUT2D eigenvalue weighted by Crippen LogP contribution is -2.26. The first-order chi connectivity index (χ1) is 10.7. The third-order valence-electron chi connectivity index (χ3n) is 3.16. The molecule has 2 aromatic heterocycles. The number of fused-ring (bicyclic) bond motifs is 1. The molecule has 112 valence electrons. The SMILES string of the molecule is CCCn1nc(C(=O)Nc2nc3ccccc3[nH]2)ccc1=O. The molecule has 7 nitrogen and oxygen atoms in total. The van der Waals surface area contributed by atoms with Crippen LogP contribution in [0.15, 0.2) is 41.2 Å². The molecule has 3 aromatic rings. The van der Waals surface area contributed by atoms with Crippen molar-refractivity contribution >= 4 is 22.9 Å². The van der Waals surface area contributed by atoms with E-state index in [1.165, 1.54) is 16.8 Å². The number of nitrogens with one attached hydrogen (secondary N) is 2. The molecule has 3 rings (SSSR count). The zero-order chi connectivity index (χ0) is 15.5. The topological polar surface area (TPSA) is 92.7 Å². The first-order valence-corrected chi connectivity index (χ1v) is 7.01. The molecular weight excluding hydrogens is 282 g/mol. The van der Waals surface area contributed by atoms with Gasteiger partial charge in [0, 0.05) is 12.6 Å². The Labute approximate surface area is 126 Å². The molecule has 0 aliphatic rings. The van der Waals surface area contributed by atoms with Crippen molar-refractivity contribution in [2.45, 2.75) is 19.9 Å². The summed E-state index contributed by atoms with van der Waals surface area (Å²) in [6, 6.07) is 10.2. The number of carbonyl (C=O) groups excluding carboxylic acids is 1. The smallest absolute Gasteiger partial charge is 0.278 e. The average Bonchev–Trinajstić information content (AvgIpc) is 2.91. The van der Waals surface area contributed by atoms with Crippen molar-refractivity contribution in [1.29, 1.82) is 0 Å². The van der Waals surface area contributed by atoms with Crippen molar-refractivity contribution in [2.24, 2.45) is 0 Å². The van der Waals surface area contributed by atoms with Crippen LogP contribution in [-0.4, -0.2) is 25.7 Å². The highest BCUT2D eigenvalue weighted by molar-refractivity contribution is 6.02. The molecule has 0 radical (unpaired) electrons. The second-order valence-electron chi connectivity index (χ2n) is 4.84. The summed E-state index contributed by atoms with van der Waals surface area (Å²) in [5.41, 5.74) is 1.55. The number of rotatable bonds is 4. The summed E-state index contributed by atoms with van der Waals surface area (Å²) in [5.74, 6) is -0.0647. The van der Waals surface area contributed by atoms with Crippen molar-refractivity contribution in [3.8, 4) is 0 Å². The summed E-state index contributed by atoms with van der Waals surface area (Å²) < 4.78 is 1.29. The minimum Gasteiger partial charge on any atom is -0.324 e. The standard InChI is InChI=1S/C15H15N5O2/c1-2-9-20-13(21)8-7-12(19-20)14(22)18-15-16-10-5-3-4-6-11(10)17-15/h3-8H,2,9H2,1H3,(H2,16,17,18,22). The van der Waals surface area contributed by atoms with Gasteiger partial charge in [0.1, 0.15) is 5.69 Å². The summed E-state index contributed by atoms with van der Waals surface area (Å²) in [6.45, 7) is 2.42. The highest BCUT2D eigenvalue weighted by Gasteiger charge is 2.12. The number of anilines is 1. The van der Waals surface area contributed by atoms with Crippen LogP contribution in [0.4, 0.5) is 5.95 Å². The molecule has 1 aromatic carbocycles. The van der Waals surface area contributed by atoms with E-state index in [9.17, 15) is 9.59 Å². The third-order valence-corrected chi connectivity index (χ3v) is 3.16. The second kappa shape index (κ2) is 5.80. The molecule has 0 atom stereocenters. The van der Waals surface area contributed by atoms with Gasteiger partial charge in [-0.3, -0.25) is 14.9 Å². The van der Waals surface area contributed by atoms with E-state index >= 15 is 0 Å². The first-order valence-electron chi connectivity index (χ1n) is 7.01. The normalized spacial score (nSPS) is 10.8. The van der Waals surface area contributed by atoms with Crippen LogP contribution in [0.5, 0.6) is 0 Å². The highest BCUT2D eigenvalue weighted by atomic mass is 16.2. The van der Waals surface area contributed by atoms with Crippen molar-refractivity contribution in [3.63, 3.8) is 0 Å². The fourth-order valence-corrected chi connectivity index (χ4v) is 2.13. The molecule has 0 unspecified atom stereocenters. The molecule has 7 heteroatoms. The number of imidazole rings is 1. The van der Waals surface area contributed by atoms with Gasteiger partial charge in [-0.15, -0.1) is 0 Å². The third kappa shape index (κ3) is 2.73. The van der Waals surface area contributed by atoms with E-state index in [1.807, 2.05) is 31.2 Å². The minimum absolute atomic E-state index is 0.175. The lowest BCUT2D eigenvalue weighted by molar-refractivity contribution is 0.101. The lowest BCUT2D eigenvalue weighted by atomic mass is 10.3. The first kappa shape index (κ1) is 14.0. The molecule has 2 heterocycles. The Morgan fingerprint density at radius 1 is 1.27 bits per heavy atom. The largest absolute Gasteiger partial charge is 0.324 e. The van der Waals surface area contributed by atoms with Crippen LogP contribution >= 0.6 is 0 Å². The van der Waals surface area contributed by atoms with Gasteiger partial charge in [0.25, 0.3) is 11.5 Å². The van der Waals surface area contributed by atoms with Gasteiger partial charge in [-0.25, -0.2) is 9.67 Å². The Bertz CT molecular complexity index is 848. The molecule has 22 heavy (non-hydrogen) atoms. The van der Waals surface area contributed by atoms with Crippen molar-refractivity contribution in [3.05, 3.63) is 52.4 Å². The van der Waals surface area contributed by atoms with Gasteiger partial charge in [0.05, 0.1) is 11.0 Å². The second-order valence-corrected chi connectivity index (χ2v) is 4.84. The molecule has 0 saturated carbocycles. The molecule has 0 aliphatic carbocycles. The van der Waals surface area contributed by atoms with Crippen LogP contribution in [0.2, 0.25) is 0 Å². The van der Waals surface area contributed by atoms with Crippen LogP contribution in [0.1, 0.15) is 23.8 Å². The maximum atomic E-state index is 12.2. The van der Waals surface area contributed by atoms with E-state index < -0.39 is 5.91 Å². The Morgan fingerprint density at radius 3 is 2.86 bits per heavy atom. The van der Waals surface area contributed by atoms with Gasteiger partial charge >= 0.3 is 0 Å². The monoisotopic (exact) mass is 297 g/mol. The summed E-state index contributed by atoms with van der Waals surface area (Å²) in [6.07, 6.45) is 0.765. The van der Waals surface area contributed by atoms with Crippen molar-refractivity contribution in [1.82, 2.24) is 19.7 Å². The molecule has 0 spiro atoms. The zero-order valence-corrected chi connectivity index (χ0v) is 12.0. The quantitative estimate of drug-likeness (QED) is 0.767. The van der Waals surface area contributed by atoms with Crippen LogP contribution in [0.3, 0.4) is 0 Å². The Morgan fingerprint density at radius 2 is 2.09 bits per heavy atom. The molecule has 0 saturated heterocycles. The number of benzene rings is 1. The maximum absolute atomic E-state index is 12.2. The number of H-pyrrole nitrogens is 1. The van der Waals surface area contributed by atoms with Crippen molar-refractivity contribution in [2.75, 3.05) is 5.32 Å². The molecule has 0 bridgehead atoms. The molecule has 0 fully saturated rings. The lowest BCUT2D eigenvalue weighted by Gasteiger charge is -2.05. The van der Waals surface area contributed by atoms with Gasteiger partial charge in [-0.05, 0) is 24.6 Å². The number of aromatic nitrogens is 4. The molecule has 0 aliphatic heterocycles. The Kier molecular flexibility index (Phi) is 3.69. The number of hydrogen-bond acceptors (Lipinski definition) is 4. The Hall–Kier alpha value is -2.96. The average molecular weight is 297 g/mol. The number of nitrogens with zero attached hydrogens (tertiary/aromatic N) is 3. The molecule has 1 amide bonds. The van der Waals surface area contributed by atoms with E-state index in [4.69, 9.17) is 0 Å². The van der Waals surface area contributed by atoms with E-state index in [0.717, 1.165) is 17.5 Å². The number of carbonyl (C=O) groups is 1. The number of amides is 1. The van der Waals surface area contributed by atoms with Gasteiger partial charge < -0.3 is 4.98 Å². The van der Waals surface area contributed by atoms with E-state index in [0.29, 0.717) is 12.5 Å². The van der Waals surface area contributed by atoms with Crippen LogP contribution in [0.25, 0.3) is 11.0 Å². The highest BCUT2D eigenvalue weighted by Crippen LogP contribution is 2.13. The molecular formula is C15H15N5O2. The summed E-state index contributed by atoms with van der Waals surface area (Å²) >= 11 is 0. The maximum Gasteiger partial charge on any atom is 0.278 e. The fraction of sp³-hybridized carbons (Fsp3) is 0.200. The minimum atomic E-state index is -0.413. The van der Waals surface area contributed by atoms with Gasteiger partial charge in [0.15, 0.2) is 0 Å². The van der Waals surface area contributed by atoms with Crippen LogP contribution < -0.4 is 10.9 Å². The number of para-hydroxylation sites is 2. The summed E-state index contributed by atoms with van der Waals surface area (Å²) in [5, 5.41) is 6.72. The van der Waals surface area contributed by atoms with Gasteiger partial charge in [0.2, 0.25) is 5.95 Å². The fourth-order valence-electron chi connectivity index (χ4n) is 2.13. The van der Waals surface area contributed by atoms with Crippen LogP contribution in [0, 0.1) is 0 Å². The number of aryl methyl sites for hydroxylation is 1. The zero-order valence-electron chi connectivity index (χ0n) is 12.0. The van der Waals surface area contributed by atoms with Crippen LogP contribution in [-0.2, 0) is 6.54 Å². The predicted octanol–water partition coefficient (Wildman–Crippen LogP) is 1.78. The van der Waals surface area contributed by atoms with Gasteiger partial charge in [-0.2, -0.15) is 5.10 Å². The van der Waals surface area contributed by atoms with E-state index in [-0.39, 0.29) is 11.3 Å². The Balaban J connectivity index is 1.84. The van der Waals surface area contributed by atoms with E-state index in [2.05, 4.69) is 20.4 Å². The van der Waals surface area contributed by atoms with E-state index in [1.54, 1.807) is 0 Å². The number of hydrogen-bond donors (Lipinski definition) is 2. The summed E-state index contributed by atoms with van der Waals surface area (Å²) in [7, 11) is 0. The summed E-state index contributed by atoms with van der Waals surface area (Å²) in [4.78, 5) is 31.1. The molecule has 2 N–H and O–H groups in total. The number of aromatic amines is 1. The van der Waals surface area contributed by atoms with Crippen molar-refractivity contribution < 1.29 is 4.79 Å². The van der Waals surface area contributed by atoms with Gasteiger partial charge in [-0.1, -0.05) is 19.1 Å². The predicted molar refractivity (Wildman–Crippen MR) is 82.8 cm³/mol.